The van der Waals surface area contributed by atoms with Crippen LogP contribution in [0.4, 0.5) is 0 Å². The average molecular weight is 228 g/mol. The van der Waals surface area contributed by atoms with E-state index in [-0.39, 0.29) is 11.9 Å². The molecule has 2 rings (SSSR count). The van der Waals surface area contributed by atoms with Crippen LogP contribution in [0.2, 0.25) is 0 Å². The highest BCUT2D eigenvalue weighted by Gasteiger charge is 2.33. The summed E-state index contributed by atoms with van der Waals surface area (Å²) in [7, 11) is 0. The zero-order chi connectivity index (χ0) is 12.3. The number of carbonyl (C=O) groups excluding carboxylic acids is 1. The van der Waals surface area contributed by atoms with Gasteiger partial charge in [-0.05, 0) is 24.5 Å². The second kappa shape index (κ2) is 5.00. The van der Waals surface area contributed by atoms with Crippen molar-refractivity contribution in [2.75, 3.05) is 6.61 Å². The van der Waals surface area contributed by atoms with Gasteiger partial charge in [-0.25, -0.2) is 0 Å². The molecule has 0 fully saturated rings. The molecule has 17 heavy (non-hydrogen) atoms. The number of rotatable bonds is 5. The highest BCUT2D eigenvalue weighted by Crippen LogP contribution is 2.37. The van der Waals surface area contributed by atoms with E-state index >= 15 is 0 Å². The number of hydrogen-bond acceptors (Lipinski definition) is 2. The molecule has 1 aliphatic rings. The number of hydrogen-bond donors (Lipinski definition) is 0. The zero-order valence-electron chi connectivity index (χ0n) is 9.98. The molecule has 0 aromatic heterocycles. The lowest BCUT2D eigenvalue weighted by molar-refractivity contribution is -0.144. The van der Waals surface area contributed by atoms with Crippen molar-refractivity contribution in [3.8, 4) is 0 Å². The SMILES string of the molecule is C=C(CC1=CC1C(=O)OCC)c1ccccc1. The third-order valence-electron chi connectivity index (χ3n) is 2.81. The van der Waals surface area contributed by atoms with E-state index < -0.39 is 0 Å². The first kappa shape index (κ1) is 11.6. The van der Waals surface area contributed by atoms with Crippen LogP contribution in [-0.2, 0) is 9.53 Å². The zero-order valence-corrected chi connectivity index (χ0v) is 9.98. The lowest BCUT2D eigenvalue weighted by Gasteiger charge is -2.05. The number of carbonyl (C=O) groups is 1. The molecule has 0 aliphatic heterocycles. The summed E-state index contributed by atoms with van der Waals surface area (Å²) in [5.74, 6) is -0.237. The molecule has 2 nitrogen and oxygen atoms in total. The summed E-state index contributed by atoms with van der Waals surface area (Å²) in [5, 5.41) is 0. The molecule has 0 saturated heterocycles. The lowest BCUT2D eigenvalue weighted by Crippen LogP contribution is -2.08. The van der Waals surface area contributed by atoms with E-state index in [0.29, 0.717) is 6.61 Å². The van der Waals surface area contributed by atoms with Crippen LogP contribution >= 0.6 is 0 Å². The normalized spacial score (nSPS) is 17.2. The Morgan fingerprint density at radius 1 is 1.35 bits per heavy atom. The third-order valence-corrected chi connectivity index (χ3v) is 2.81. The monoisotopic (exact) mass is 228 g/mol. The maximum absolute atomic E-state index is 11.4. The minimum absolute atomic E-state index is 0.101. The van der Waals surface area contributed by atoms with Gasteiger partial charge in [0.1, 0.15) is 0 Å². The molecule has 88 valence electrons. The quantitative estimate of drug-likeness (QED) is 0.571. The topological polar surface area (TPSA) is 26.3 Å². The summed E-state index contributed by atoms with van der Waals surface area (Å²) in [6.07, 6.45) is 2.71. The molecule has 0 spiro atoms. The van der Waals surface area contributed by atoms with Gasteiger partial charge >= 0.3 is 5.97 Å². The molecule has 2 heteroatoms. The Hall–Kier alpha value is -1.83. The number of allylic oxidation sites excluding steroid dienone is 1. The molecule has 0 N–H and O–H groups in total. The Kier molecular flexibility index (Phi) is 3.43. The minimum atomic E-state index is -0.136. The fourth-order valence-corrected chi connectivity index (χ4v) is 1.81. The van der Waals surface area contributed by atoms with Crippen molar-refractivity contribution >= 4 is 11.5 Å². The summed E-state index contributed by atoms with van der Waals surface area (Å²) in [4.78, 5) is 11.4. The fourth-order valence-electron chi connectivity index (χ4n) is 1.81. The predicted octanol–water partition coefficient (Wildman–Crippen LogP) is 3.21. The van der Waals surface area contributed by atoms with E-state index in [2.05, 4.69) is 6.58 Å². The fraction of sp³-hybridized carbons (Fsp3) is 0.267. The highest BCUT2D eigenvalue weighted by molar-refractivity contribution is 5.85. The first-order valence-electron chi connectivity index (χ1n) is 5.82. The molecule has 0 saturated carbocycles. The Labute approximate surface area is 102 Å². The molecule has 0 bridgehead atoms. The number of esters is 1. The van der Waals surface area contributed by atoms with E-state index in [9.17, 15) is 4.79 Å². The van der Waals surface area contributed by atoms with E-state index in [1.165, 1.54) is 0 Å². The van der Waals surface area contributed by atoms with Crippen LogP contribution in [0.5, 0.6) is 0 Å². The second-order valence-electron chi connectivity index (χ2n) is 4.12. The van der Waals surface area contributed by atoms with Gasteiger partial charge in [-0.3, -0.25) is 4.79 Å². The molecular formula is C15H16O2. The third kappa shape index (κ3) is 2.84. The van der Waals surface area contributed by atoms with Crippen LogP contribution in [0.25, 0.3) is 5.57 Å². The van der Waals surface area contributed by atoms with Crippen molar-refractivity contribution in [2.45, 2.75) is 13.3 Å². The van der Waals surface area contributed by atoms with Gasteiger partial charge in [0, 0.05) is 0 Å². The Morgan fingerprint density at radius 3 is 2.71 bits per heavy atom. The van der Waals surface area contributed by atoms with Crippen LogP contribution in [0.15, 0.2) is 48.6 Å². The Balaban J connectivity index is 1.87. The molecular weight excluding hydrogens is 212 g/mol. The van der Waals surface area contributed by atoms with Crippen molar-refractivity contribution in [1.29, 1.82) is 0 Å². The van der Waals surface area contributed by atoms with Gasteiger partial charge in [0.25, 0.3) is 0 Å². The molecule has 0 heterocycles. The van der Waals surface area contributed by atoms with Crippen molar-refractivity contribution in [1.82, 2.24) is 0 Å². The summed E-state index contributed by atoms with van der Waals surface area (Å²) >= 11 is 0. The van der Waals surface area contributed by atoms with Gasteiger partial charge in [0.2, 0.25) is 0 Å². The minimum Gasteiger partial charge on any atom is -0.465 e. The largest absolute Gasteiger partial charge is 0.465 e. The summed E-state index contributed by atoms with van der Waals surface area (Å²) < 4.78 is 4.96. The Morgan fingerprint density at radius 2 is 2.06 bits per heavy atom. The Bertz CT molecular complexity index is 457. The van der Waals surface area contributed by atoms with Gasteiger partial charge < -0.3 is 4.74 Å². The molecule has 0 radical (unpaired) electrons. The standard InChI is InChI=1S/C15H16O2/c1-3-17-15(16)14-10-13(14)9-11(2)12-7-5-4-6-8-12/h4-8,10,14H,2-3,9H2,1H3. The van der Waals surface area contributed by atoms with Crippen LogP contribution in [-0.4, -0.2) is 12.6 Å². The van der Waals surface area contributed by atoms with E-state index in [1.807, 2.05) is 43.3 Å². The molecule has 0 amide bonds. The van der Waals surface area contributed by atoms with Gasteiger partial charge in [0.15, 0.2) is 0 Å². The molecule has 1 unspecified atom stereocenters. The van der Waals surface area contributed by atoms with E-state index in [4.69, 9.17) is 4.74 Å². The average Bonchev–Trinajstić information content (AvgIpc) is 3.10. The molecule has 1 aromatic rings. The van der Waals surface area contributed by atoms with Gasteiger partial charge in [0.05, 0.1) is 12.5 Å². The molecule has 1 aliphatic carbocycles. The van der Waals surface area contributed by atoms with Crippen molar-refractivity contribution in [2.24, 2.45) is 5.92 Å². The van der Waals surface area contributed by atoms with Gasteiger partial charge in [-0.2, -0.15) is 0 Å². The first-order valence-corrected chi connectivity index (χ1v) is 5.82. The summed E-state index contributed by atoms with van der Waals surface area (Å²) in [5.41, 5.74) is 3.30. The maximum Gasteiger partial charge on any atom is 0.316 e. The van der Waals surface area contributed by atoms with Crippen molar-refractivity contribution < 1.29 is 9.53 Å². The highest BCUT2D eigenvalue weighted by atomic mass is 16.5. The van der Waals surface area contributed by atoms with E-state index in [1.54, 1.807) is 0 Å². The van der Waals surface area contributed by atoms with Gasteiger partial charge in [-0.1, -0.05) is 48.6 Å². The van der Waals surface area contributed by atoms with Crippen LogP contribution in [0.3, 0.4) is 0 Å². The lowest BCUT2D eigenvalue weighted by atomic mass is 10.0. The second-order valence-corrected chi connectivity index (χ2v) is 4.12. The summed E-state index contributed by atoms with van der Waals surface area (Å²) in [6.45, 7) is 6.31. The van der Waals surface area contributed by atoms with Crippen LogP contribution in [0, 0.1) is 5.92 Å². The number of ether oxygens (including phenoxy) is 1. The van der Waals surface area contributed by atoms with Crippen LogP contribution in [0.1, 0.15) is 18.9 Å². The molecule has 1 atom stereocenters. The van der Waals surface area contributed by atoms with Crippen molar-refractivity contribution in [3.05, 3.63) is 54.1 Å². The summed E-state index contributed by atoms with van der Waals surface area (Å²) in [6, 6.07) is 10.0. The first-order chi connectivity index (χ1) is 8.22. The van der Waals surface area contributed by atoms with Crippen LogP contribution < -0.4 is 0 Å². The molecule has 1 aromatic carbocycles. The van der Waals surface area contributed by atoms with Gasteiger partial charge in [-0.15, -0.1) is 0 Å². The smallest absolute Gasteiger partial charge is 0.316 e. The predicted molar refractivity (Wildman–Crippen MR) is 68.3 cm³/mol. The van der Waals surface area contributed by atoms with Crippen molar-refractivity contribution in [3.63, 3.8) is 0 Å². The number of benzene rings is 1. The maximum atomic E-state index is 11.4. The van der Waals surface area contributed by atoms with E-state index in [0.717, 1.165) is 23.1 Å².